The smallest absolute Gasteiger partial charge is 0.222 e. The number of hydrogen-bond acceptors (Lipinski definition) is 3. The molecule has 1 unspecified atom stereocenters. The molecule has 16 heavy (non-hydrogen) atoms. The summed E-state index contributed by atoms with van der Waals surface area (Å²) in [6, 6.07) is 0. The Labute approximate surface area is 97.3 Å². The second kappa shape index (κ2) is 4.72. The standard InChI is InChI=1S/C12H22N2O2/c1-3-11(15)14-8-10(2)16-12(9-14)4-6-13-7-5-12/h10,13H,3-9H2,1-2H3. The van der Waals surface area contributed by atoms with Gasteiger partial charge in [-0.3, -0.25) is 4.79 Å². The first kappa shape index (κ1) is 11.9. The first-order valence-corrected chi connectivity index (χ1v) is 6.31. The number of morpholine rings is 1. The van der Waals surface area contributed by atoms with E-state index in [1.54, 1.807) is 0 Å². The van der Waals surface area contributed by atoms with Crippen LogP contribution in [0.2, 0.25) is 0 Å². The quantitative estimate of drug-likeness (QED) is 0.718. The average Bonchev–Trinajstić information content (AvgIpc) is 2.28. The second-order valence-electron chi connectivity index (χ2n) is 4.99. The highest BCUT2D eigenvalue weighted by atomic mass is 16.5. The minimum atomic E-state index is -0.0756. The maximum absolute atomic E-state index is 11.8. The highest BCUT2D eigenvalue weighted by Gasteiger charge is 2.41. The predicted octanol–water partition coefficient (Wildman–Crippen LogP) is 0.766. The fraction of sp³-hybridized carbons (Fsp3) is 0.917. The largest absolute Gasteiger partial charge is 0.368 e. The van der Waals surface area contributed by atoms with Crippen LogP contribution in [-0.2, 0) is 9.53 Å². The Morgan fingerprint density at radius 2 is 2.19 bits per heavy atom. The molecule has 1 spiro atoms. The summed E-state index contributed by atoms with van der Waals surface area (Å²) < 4.78 is 6.11. The van der Waals surface area contributed by atoms with E-state index in [0.29, 0.717) is 6.42 Å². The number of piperidine rings is 1. The third-order valence-corrected chi connectivity index (χ3v) is 3.58. The maximum Gasteiger partial charge on any atom is 0.222 e. The van der Waals surface area contributed by atoms with Crippen molar-refractivity contribution in [2.24, 2.45) is 0 Å². The Morgan fingerprint density at radius 3 is 2.81 bits per heavy atom. The van der Waals surface area contributed by atoms with Crippen LogP contribution in [0.25, 0.3) is 0 Å². The maximum atomic E-state index is 11.8. The first-order chi connectivity index (χ1) is 7.65. The van der Waals surface area contributed by atoms with E-state index in [4.69, 9.17) is 4.74 Å². The van der Waals surface area contributed by atoms with Crippen LogP contribution in [0.3, 0.4) is 0 Å². The summed E-state index contributed by atoms with van der Waals surface area (Å²) in [6.45, 7) is 7.53. The molecular weight excluding hydrogens is 204 g/mol. The van der Waals surface area contributed by atoms with Crippen molar-refractivity contribution in [2.75, 3.05) is 26.2 Å². The van der Waals surface area contributed by atoms with Gasteiger partial charge in [0.25, 0.3) is 0 Å². The lowest BCUT2D eigenvalue weighted by Gasteiger charge is -2.47. The third-order valence-electron chi connectivity index (χ3n) is 3.58. The highest BCUT2D eigenvalue weighted by Crippen LogP contribution is 2.30. The van der Waals surface area contributed by atoms with Crippen LogP contribution in [0.4, 0.5) is 0 Å². The topological polar surface area (TPSA) is 41.6 Å². The first-order valence-electron chi connectivity index (χ1n) is 6.31. The number of nitrogens with one attached hydrogen (secondary N) is 1. The zero-order chi connectivity index (χ0) is 11.6. The lowest BCUT2D eigenvalue weighted by molar-refractivity contribution is -0.173. The fourth-order valence-corrected chi connectivity index (χ4v) is 2.80. The van der Waals surface area contributed by atoms with E-state index in [1.807, 2.05) is 11.8 Å². The van der Waals surface area contributed by atoms with Gasteiger partial charge >= 0.3 is 0 Å². The van der Waals surface area contributed by atoms with Crippen LogP contribution in [0, 0.1) is 0 Å². The van der Waals surface area contributed by atoms with E-state index in [9.17, 15) is 4.79 Å². The van der Waals surface area contributed by atoms with E-state index in [0.717, 1.165) is 39.0 Å². The van der Waals surface area contributed by atoms with Crippen molar-refractivity contribution in [3.63, 3.8) is 0 Å². The Balaban J connectivity index is 2.06. The lowest BCUT2D eigenvalue weighted by Crippen LogP contribution is -2.59. The van der Waals surface area contributed by atoms with Gasteiger partial charge in [0.1, 0.15) is 0 Å². The second-order valence-corrected chi connectivity index (χ2v) is 4.99. The van der Waals surface area contributed by atoms with Gasteiger partial charge in [0.2, 0.25) is 5.91 Å². The van der Waals surface area contributed by atoms with Crippen LogP contribution < -0.4 is 5.32 Å². The Bertz CT molecular complexity index is 262. The van der Waals surface area contributed by atoms with Crippen molar-refractivity contribution in [1.29, 1.82) is 0 Å². The van der Waals surface area contributed by atoms with E-state index in [-0.39, 0.29) is 17.6 Å². The Hall–Kier alpha value is -0.610. The summed E-state index contributed by atoms with van der Waals surface area (Å²) >= 11 is 0. The minimum Gasteiger partial charge on any atom is -0.368 e. The van der Waals surface area contributed by atoms with Crippen molar-refractivity contribution in [1.82, 2.24) is 10.2 Å². The summed E-state index contributed by atoms with van der Waals surface area (Å²) in [6.07, 6.45) is 2.80. The Kier molecular flexibility index (Phi) is 3.50. The normalized spacial score (nSPS) is 29.4. The molecule has 2 aliphatic heterocycles. The number of rotatable bonds is 1. The van der Waals surface area contributed by atoms with Gasteiger partial charge in [0.05, 0.1) is 11.7 Å². The number of amides is 1. The fourth-order valence-electron chi connectivity index (χ4n) is 2.80. The van der Waals surface area contributed by atoms with Gasteiger partial charge < -0.3 is 15.0 Å². The SMILES string of the molecule is CCC(=O)N1CC(C)OC2(CCNCC2)C1. The van der Waals surface area contributed by atoms with Gasteiger partial charge in [-0.25, -0.2) is 0 Å². The molecule has 0 aromatic carbocycles. The van der Waals surface area contributed by atoms with Crippen LogP contribution >= 0.6 is 0 Å². The number of nitrogens with zero attached hydrogens (tertiary/aromatic N) is 1. The highest BCUT2D eigenvalue weighted by molar-refractivity contribution is 5.76. The molecule has 4 heteroatoms. The van der Waals surface area contributed by atoms with Crippen LogP contribution in [0.15, 0.2) is 0 Å². The van der Waals surface area contributed by atoms with Crippen molar-refractivity contribution < 1.29 is 9.53 Å². The lowest BCUT2D eigenvalue weighted by atomic mass is 9.89. The van der Waals surface area contributed by atoms with Crippen LogP contribution in [0.1, 0.15) is 33.1 Å². The van der Waals surface area contributed by atoms with E-state index >= 15 is 0 Å². The van der Waals surface area contributed by atoms with Gasteiger partial charge in [-0.15, -0.1) is 0 Å². The number of carbonyl (C=O) groups is 1. The zero-order valence-electron chi connectivity index (χ0n) is 10.3. The molecule has 0 saturated carbocycles. The van der Waals surface area contributed by atoms with Crippen LogP contribution in [0.5, 0.6) is 0 Å². The van der Waals surface area contributed by atoms with Gasteiger partial charge in [0.15, 0.2) is 0 Å². The molecule has 2 fully saturated rings. The monoisotopic (exact) mass is 226 g/mol. The van der Waals surface area contributed by atoms with Crippen molar-refractivity contribution in [2.45, 2.75) is 44.8 Å². The molecule has 0 bridgehead atoms. The Morgan fingerprint density at radius 1 is 1.50 bits per heavy atom. The van der Waals surface area contributed by atoms with Gasteiger partial charge in [-0.05, 0) is 32.9 Å². The molecule has 1 atom stereocenters. The summed E-state index contributed by atoms with van der Waals surface area (Å²) in [5.74, 6) is 0.257. The summed E-state index contributed by atoms with van der Waals surface area (Å²) in [5.41, 5.74) is -0.0756. The molecule has 1 N–H and O–H groups in total. The summed E-state index contributed by atoms with van der Waals surface area (Å²) in [4.78, 5) is 13.8. The zero-order valence-corrected chi connectivity index (χ0v) is 10.3. The summed E-state index contributed by atoms with van der Waals surface area (Å²) in [5, 5.41) is 3.35. The predicted molar refractivity (Wildman–Crippen MR) is 62.3 cm³/mol. The number of ether oxygens (including phenoxy) is 1. The van der Waals surface area contributed by atoms with E-state index in [1.165, 1.54) is 0 Å². The minimum absolute atomic E-state index is 0.0756. The third kappa shape index (κ3) is 2.38. The molecule has 0 radical (unpaired) electrons. The van der Waals surface area contributed by atoms with Gasteiger partial charge in [-0.2, -0.15) is 0 Å². The molecule has 2 heterocycles. The van der Waals surface area contributed by atoms with Crippen molar-refractivity contribution in [3.05, 3.63) is 0 Å². The molecule has 2 rings (SSSR count). The van der Waals surface area contributed by atoms with Crippen molar-refractivity contribution in [3.8, 4) is 0 Å². The van der Waals surface area contributed by atoms with Crippen molar-refractivity contribution >= 4 is 5.91 Å². The molecule has 1 amide bonds. The molecule has 4 nitrogen and oxygen atoms in total. The van der Waals surface area contributed by atoms with Gasteiger partial charge in [0, 0.05) is 19.5 Å². The molecule has 0 aromatic rings. The molecule has 0 aromatic heterocycles. The molecule has 2 saturated heterocycles. The van der Waals surface area contributed by atoms with E-state index < -0.39 is 0 Å². The molecule has 92 valence electrons. The molecule has 0 aliphatic carbocycles. The number of hydrogen-bond donors (Lipinski definition) is 1. The molecular formula is C12H22N2O2. The summed E-state index contributed by atoms with van der Waals surface area (Å²) in [7, 11) is 0. The average molecular weight is 226 g/mol. The van der Waals surface area contributed by atoms with E-state index in [2.05, 4.69) is 12.2 Å². The molecule has 2 aliphatic rings. The number of carbonyl (C=O) groups excluding carboxylic acids is 1. The van der Waals surface area contributed by atoms with Gasteiger partial charge in [-0.1, -0.05) is 6.92 Å². The van der Waals surface area contributed by atoms with Crippen LogP contribution in [-0.4, -0.2) is 48.7 Å².